The second kappa shape index (κ2) is 6.57. The van der Waals surface area contributed by atoms with Gasteiger partial charge in [0, 0.05) is 12.5 Å². The van der Waals surface area contributed by atoms with Crippen LogP contribution in [0.4, 0.5) is 0 Å². The number of hydrogen-bond acceptors (Lipinski definition) is 3. The van der Waals surface area contributed by atoms with E-state index >= 15 is 0 Å². The van der Waals surface area contributed by atoms with Gasteiger partial charge in [-0.15, -0.1) is 0 Å². The van der Waals surface area contributed by atoms with Crippen molar-refractivity contribution in [1.82, 2.24) is 0 Å². The highest BCUT2D eigenvalue weighted by Gasteiger charge is 2.15. The molecule has 1 aromatic carbocycles. The summed E-state index contributed by atoms with van der Waals surface area (Å²) in [6.45, 7) is 6.19. The Bertz CT molecular complexity index is 455. The predicted molar refractivity (Wildman–Crippen MR) is 75.6 cm³/mol. The van der Waals surface area contributed by atoms with Crippen molar-refractivity contribution in [2.24, 2.45) is 5.73 Å². The monoisotopic (exact) mass is 265 g/mol. The van der Waals surface area contributed by atoms with Gasteiger partial charge < -0.3 is 15.6 Å². The van der Waals surface area contributed by atoms with Crippen LogP contribution >= 0.6 is 0 Å². The smallest absolute Gasteiger partial charge is 0.303 e. The van der Waals surface area contributed by atoms with Crippen LogP contribution < -0.4 is 10.5 Å². The lowest BCUT2D eigenvalue weighted by Gasteiger charge is -2.19. The van der Waals surface area contributed by atoms with Crippen LogP contribution in [0.3, 0.4) is 0 Å². The summed E-state index contributed by atoms with van der Waals surface area (Å²) in [5.74, 6) is 0.411. The zero-order valence-corrected chi connectivity index (χ0v) is 12.1. The number of methoxy groups -OCH3 is 1. The number of aliphatic carboxylic acids is 1. The SMILES string of the molecule is COc1c(C)cc(C(N)CCC(=O)O)cc1C(C)C. The molecule has 4 nitrogen and oxygen atoms in total. The highest BCUT2D eigenvalue weighted by molar-refractivity contribution is 5.66. The number of aryl methyl sites for hydroxylation is 1. The molecule has 0 saturated carbocycles. The summed E-state index contributed by atoms with van der Waals surface area (Å²) in [6, 6.07) is 3.76. The minimum atomic E-state index is -0.815. The van der Waals surface area contributed by atoms with Crippen molar-refractivity contribution in [3.8, 4) is 5.75 Å². The minimum absolute atomic E-state index is 0.0866. The molecule has 1 atom stereocenters. The summed E-state index contributed by atoms with van der Waals surface area (Å²) in [5.41, 5.74) is 9.19. The maximum Gasteiger partial charge on any atom is 0.303 e. The normalized spacial score (nSPS) is 12.5. The summed E-state index contributed by atoms with van der Waals surface area (Å²) < 4.78 is 5.44. The standard InChI is InChI=1S/C15H23NO3/c1-9(2)12-8-11(7-10(3)15(12)19-4)13(16)5-6-14(17)18/h7-9,13H,5-6,16H2,1-4H3,(H,17,18). The van der Waals surface area contributed by atoms with Crippen molar-refractivity contribution >= 4 is 5.97 Å². The average molecular weight is 265 g/mol. The van der Waals surface area contributed by atoms with Crippen molar-refractivity contribution < 1.29 is 14.6 Å². The quantitative estimate of drug-likeness (QED) is 0.829. The molecule has 0 spiro atoms. The first-order chi connectivity index (χ1) is 8.86. The minimum Gasteiger partial charge on any atom is -0.496 e. The fourth-order valence-corrected chi connectivity index (χ4v) is 2.20. The van der Waals surface area contributed by atoms with Crippen LogP contribution in [0.15, 0.2) is 12.1 Å². The number of benzene rings is 1. The molecule has 1 aromatic rings. The summed E-state index contributed by atoms with van der Waals surface area (Å²) in [6.07, 6.45) is 0.530. The fraction of sp³-hybridized carbons (Fsp3) is 0.533. The van der Waals surface area contributed by atoms with Crippen LogP contribution in [0.5, 0.6) is 5.75 Å². The molecule has 1 rings (SSSR count). The number of hydrogen-bond donors (Lipinski definition) is 2. The molecule has 0 aliphatic carbocycles. The maximum atomic E-state index is 10.6. The first kappa shape index (κ1) is 15.5. The molecule has 0 amide bonds. The molecular formula is C15H23NO3. The Morgan fingerprint density at radius 3 is 2.53 bits per heavy atom. The van der Waals surface area contributed by atoms with Crippen molar-refractivity contribution in [1.29, 1.82) is 0 Å². The molecule has 0 saturated heterocycles. The third-order valence-corrected chi connectivity index (χ3v) is 3.25. The molecule has 0 aliphatic heterocycles. The zero-order valence-electron chi connectivity index (χ0n) is 12.1. The van der Waals surface area contributed by atoms with E-state index in [0.717, 1.165) is 22.4 Å². The van der Waals surface area contributed by atoms with Gasteiger partial charge in [0.25, 0.3) is 0 Å². The number of carboxylic acids is 1. The Kier molecular flexibility index (Phi) is 5.36. The molecule has 4 heteroatoms. The number of rotatable bonds is 6. The van der Waals surface area contributed by atoms with E-state index in [1.165, 1.54) is 0 Å². The molecule has 0 bridgehead atoms. The van der Waals surface area contributed by atoms with Crippen LogP contribution in [-0.4, -0.2) is 18.2 Å². The molecule has 0 heterocycles. The molecule has 3 N–H and O–H groups in total. The van der Waals surface area contributed by atoms with E-state index in [1.807, 2.05) is 19.1 Å². The average Bonchev–Trinajstić information content (AvgIpc) is 2.34. The Morgan fingerprint density at radius 2 is 2.05 bits per heavy atom. The highest BCUT2D eigenvalue weighted by atomic mass is 16.5. The van der Waals surface area contributed by atoms with E-state index in [-0.39, 0.29) is 12.5 Å². The zero-order chi connectivity index (χ0) is 14.6. The lowest BCUT2D eigenvalue weighted by Crippen LogP contribution is -2.13. The van der Waals surface area contributed by atoms with E-state index in [4.69, 9.17) is 15.6 Å². The van der Waals surface area contributed by atoms with E-state index in [0.29, 0.717) is 12.3 Å². The van der Waals surface area contributed by atoms with Gasteiger partial charge in [-0.25, -0.2) is 0 Å². The fourth-order valence-electron chi connectivity index (χ4n) is 2.20. The molecule has 0 radical (unpaired) electrons. The van der Waals surface area contributed by atoms with Gasteiger partial charge in [-0.1, -0.05) is 26.0 Å². The maximum absolute atomic E-state index is 10.6. The predicted octanol–water partition coefficient (Wildman–Crippen LogP) is 2.99. The van der Waals surface area contributed by atoms with Gasteiger partial charge in [0.1, 0.15) is 5.75 Å². The van der Waals surface area contributed by atoms with Crippen molar-refractivity contribution in [3.05, 3.63) is 28.8 Å². The van der Waals surface area contributed by atoms with Gasteiger partial charge in [0.15, 0.2) is 0 Å². The molecular weight excluding hydrogens is 242 g/mol. The lowest BCUT2D eigenvalue weighted by atomic mass is 9.92. The molecule has 0 aromatic heterocycles. The van der Waals surface area contributed by atoms with Gasteiger partial charge >= 0.3 is 5.97 Å². The van der Waals surface area contributed by atoms with E-state index < -0.39 is 5.97 Å². The Balaban J connectivity index is 3.06. The molecule has 0 aliphatic rings. The van der Waals surface area contributed by atoms with Crippen LogP contribution in [0, 0.1) is 6.92 Å². The van der Waals surface area contributed by atoms with Crippen molar-refractivity contribution in [2.45, 2.75) is 45.6 Å². The van der Waals surface area contributed by atoms with Crippen molar-refractivity contribution in [3.63, 3.8) is 0 Å². The third-order valence-electron chi connectivity index (χ3n) is 3.25. The van der Waals surface area contributed by atoms with E-state index in [9.17, 15) is 4.79 Å². The summed E-state index contributed by atoms with van der Waals surface area (Å²) in [5, 5.41) is 8.71. The van der Waals surface area contributed by atoms with Crippen LogP contribution in [0.2, 0.25) is 0 Å². The van der Waals surface area contributed by atoms with Gasteiger partial charge in [-0.2, -0.15) is 0 Å². The lowest BCUT2D eigenvalue weighted by molar-refractivity contribution is -0.137. The van der Waals surface area contributed by atoms with E-state index in [2.05, 4.69) is 13.8 Å². The van der Waals surface area contributed by atoms with Gasteiger partial charge in [0.2, 0.25) is 0 Å². The topological polar surface area (TPSA) is 72.5 Å². The largest absolute Gasteiger partial charge is 0.496 e. The van der Waals surface area contributed by atoms with Crippen molar-refractivity contribution in [2.75, 3.05) is 7.11 Å². The van der Waals surface area contributed by atoms with Gasteiger partial charge in [-0.3, -0.25) is 4.79 Å². The van der Waals surface area contributed by atoms with Crippen LogP contribution in [-0.2, 0) is 4.79 Å². The number of nitrogens with two attached hydrogens (primary N) is 1. The Morgan fingerprint density at radius 1 is 1.42 bits per heavy atom. The molecule has 0 fully saturated rings. The van der Waals surface area contributed by atoms with E-state index in [1.54, 1.807) is 7.11 Å². The molecule has 106 valence electrons. The first-order valence-electron chi connectivity index (χ1n) is 6.52. The summed E-state index contributed by atoms with van der Waals surface area (Å²) >= 11 is 0. The Hall–Kier alpha value is -1.55. The highest BCUT2D eigenvalue weighted by Crippen LogP contribution is 2.33. The van der Waals surface area contributed by atoms with Crippen LogP contribution in [0.25, 0.3) is 0 Å². The summed E-state index contributed by atoms with van der Waals surface area (Å²) in [7, 11) is 1.66. The second-order valence-electron chi connectivity index (χ2n) is 5.15. The van der Waals surface area contributed by atoms with Gasteiger partial charge in [-0.05, 0) is 36.0 Å². The Labute approximate surface area is 114 Å². The molecule has 1 unspecified atom stereocenters. The number of carboxylic acid groups (broad SMARTS) is 1. The van der Waals surface area contributed by atoms with Gasteiger partial charge in [0.05, 0.1) is 7.11 Å². The number of ether oxygens (including phenoxy) is 1. The first-order valence-corrected chi connectivity index (χ1v) is 6.52. The third kappa shape index (κ3) is 3.96. The summed E-state index contributed by atoms with van der Waals surface area (Å²) in [4.78, 5) is 10.6. The second-order valence-corrected chi connectivity index (χ2v) is 5.15. The molecule has 19 heavy (non-hydrogen) atoms. The van der Waals surface area contributed by atoms with Crippen LogP contribution in [0.1, 0.15) is 55.3 Å². The number of carbonyl (C=O) groups is 1.